The van der Waals surface area contributed by atoms with Gasteiger partial charge in [0.15, 0.2) is 5.96 Å². The molecule has 3 nitrogen and oxygen atoms in total. The number of guanidine groups is 1. The number of benzene rings is 1. The Morgan fingerprint density at radius 2 is 1.74 bits per heavy atom. The van der Waals surface area contributed by atoms with Crippen LogP contribution in [0.25, 0.3) is 0 Å². The number of aliphatic imine (C=N–C) groups is 1. The molecule has 1 aromatic rings. The van der Waals surface area contributed by atoms with E-state index in [1.807, 2.05) is 0 Å². The number of nitrogens with one attached hydrogen (secondary N) is 1. The lowest BCUT2D eigenvalue weighted by Gasteiger charge is -2.23. The normalized spacial score (nSPS) is 16.7. The SMILES string of the molecule is I.NC(=NCCc1ccc(C(F)(F)F)cc1)NC1CCCCC1. The minimum Gasteiger partial charge on any atom is -0.370 e. The standard InChI is InChI=1S/C16H22F3N3.HI/c17-16(18,19)13-8-6-12(7-9-13)10-11-21-15(20)22-14-4-2-1-3-5-14;/h6-9,14H,1-5,10-11H2,(H3,20,21,22);1H. The fourth-order valence-electron chi connectivity index (χ4n) is 2.67. The molecule has 130 valence electrons. The summed E-state index contributed by atoms with van der Waals surface area (Å²) in [6.07, 6.45) is 2.25. The molecule has 0 bridgehead atoms. The first kappa shape index (κ1) is 20.1. The van der Waals surface area contributed by atoms with Crippen LogP contribution in [0.1, 0.15) is 43.2 Å². The molecule has 0 spiro atoms. The zero-order valence-electron chi connectivity index (χ0n) is 12.9. The van der Waals surface area contributed by atoms with Gasteiger partial charge < -0.3 is 11.1 Å². The Kier molecular flexibility index (Phi) is 8.15. The summed E-state index contributed by atoms with van der Waals surface area (Å²) in [6.45, 7) is 0.469. The Morgan fingerprint density at radius 3 is 2.30 bits per heavy atom. The lowest BCUT2D eigenvalue weighted by atomic mass is 9.96. The van der Waals surface area contributed by atoms with Gasteiger partial charge in [0.25, 0.3) is 0 Å². The highest BCUT2D eigenvalue weighted by Gasteiger charge is 2.29. The van der Waals surface area contributed by atoms with Gasteiger partial charge in [-0.2, -0.15) is 13.2 Å². The molecule has 0 unspecified atom stereocenters. The van der Waals surface area contributed by atoms with Crippen molar-refractivity contribution in [2.24, 2.45) is 10.7 Å². The van der Waals surface area contributed by atoms with Crippen molar-refractivity contribution in [1.82, 2.24) is 5.32 Å². The van der Waals surface area contributed by atoms with E-state index in [0.717, 1.165) is 30.5 Å². The number of nitrogens with zero attached hydrogens (tertiary/aromatic N) is 1. The van der Waals surface area contributed by atoms with E-state index >= 15 is 0 Å². The largest absolute Gasteiger partial charge is 0.416 e. The Bertz CT molecular complexity index is 494. The quantitative estimate of drug-likeness (QED) is 0.420. The average molecular weight is 441 g/mol. The Morgan fingerprint density at radius 1 is 1.13 bits per heavy atom. The van der Waals surface area contributed by atoms with Gasteiger partial charge in [0.05, 0.1) is 5.56 Å². The summed E-state index contributed by atoms with van der Waals surface area (Å²) in [6, 6.07) is 5.58. The first-order valence-corrected chi connectivity index (χ1v) is 7.68. The first-order valence-electron chi connectivity index (χ1n) is 7.68. The van der Waals surface area contributed by atoms with E-state index in [4.69, 9.17) is 5.73 Å². The zero-order chi connectivity index (χ0) is 16.0. The fourth-order valence-corrected chi connectivity index (χ4v) is 2.67. The van der Waals surface area contributed by atoms with Gasteiger partial charge in [0.2, 0.25) is 0 Å². The van der Waals surface area contributed by atoms with Crippen LogP contribution in [0.5, 0.6) is 0 Å². The second-order valence-electron chi connectivity index (χ2n) is 5.69. The molecule has 0 heterocycles. The first-order chi connectivity index (χ1) is 10.4. The predicted molar refractivity (Wildman–Crippen MR) is 97.1 cm³/mol. The Hall–Kier alpha value is -0.990. The van der Waals surface area contributed by atoms with Crippen molar-refractivity contribution in [2.75, 3.05) is 6.54 Å². The van der Waals surface area contributed by atoms with Gasteiger partial charge in [0, 0.05) is 12.6 Å². The smallest absolute Gasteiger partial charge is 0.370 e. The molecule has 23 heavy (non-hydrogen) atoms. The average Bonchev–Trinajstić information content (AvgIpc) is 2.48. The van der Waals surface area contributed by atoms with Gasteiger partial charge >= 0.3 is 6.18 Å². The van der Waals surface area contributed by atoms with Gasteiger partial charge in [-0.25, -0.2) is 0 Å². The molecule has 1 aromatic carbocycles. The summed E-state index contributed by atoms with van der Waals surface area (Å²) in [5, 5.41) is 3.21. The monoisotopic (exact) mass is 441 g/mol. The molecule has 1 fully saturated rings. The van der Waals surface area contributed by atoms with Crippen molar-refractivity contribution in [2.45, 2.75) is 50.7 Å². The molecule has 1 aliphatic rings. The van der Waals surface area contributed by atoms with Crippen LogP contribution in [0.2, 0.25) is 0 Å². The summed E-state index contributed by atoms with van der Waals surface area (Å²) in [7, 11) is 0. The van der Waals surface area contributed by atoms with Crippen molar-refractivity contribution < 1.29 is 13.2 Å². The summed E-state index contributed by atoms with van der Waals surface area (Å²) >= 11 is 0. The van der Waals surface area contributed by atoms with Crippen LogP contribution in [0.3, 0.4) is 0 Å². The molecule has 0 aromatic heterocycles. The lowest BCUT2D eigenvalue weighted by molar-refractivity contribution is -0.137. The van der Waals surface area contributed by atoms with Crippen molar-refractivity contribution in [3.63, 3.8) is 0 Å². The fraction of sp³-hybridized carbons (Fsp3) is 0.562. The number of hydrogen-bond donors (Lipinski definition) is 2. The highest BCUT2D eigenvalue weighted by molar-refractivity contribution is 14.0. The summed E-state index contributed by atoms with van der Waals surface area (Å²) in [5.41, 5.74) is 6.03. The molecule has 1 aliphatic carbocycles. The molecule has 0 saturated heterocycles. The van der Waals surface area contributed by atoms with Crippen LogP contribution >= 0.6 is 24.0 Å². The number of rotatable bonds is 4. The van der Waals surface area contributed by atoms with E-state index < -0.39 is 11.7 Å². The van der Waals surface area contributed by atoms with Gasteiger partial charge in [0.1, 0.15) is 0 Å². The summed E-state index contributed by atoms with van der Waals surface area (Å²) in [5.74, 6) is 0.429. The van der Waals surface area contributed by atoms with E-state index in [1.54, 1.807) is 0 Å². The molecule has 2 rings (SSSR count). The highest BCUT2D eigenvalue weighted by atomic mass is 127. The lowest BCUT2D eigenvalue weighted by Crippen LogP contribution is -2.41. The van der Waals surface area contributed by atoms with Crippen molar-refractivity contribution in [1.29, 1.82) is 0 Å². The number of alkyl halides is 3. The van der Waals surface area contributed by atoms with Gasteiger partial charge in [-0.15, -0.1) is 24.0 Å². The van der Waals surface area contributed by atoms with Gasteiger partial charge in [-0.1, -0.05) is 31.4 Å². The van der Waals surface area contributed by atoms with E-state index in [-0.39, 0.29) is 24.0 Å². The molecule has 1 saturated carbocycles. The molecule has 0 atom stereocenters. The van der Waals surface area contributed by atoms with E-state index in [2.05, 4.69) is 10.3 Å². The van der Waals surface area contributed by atoms with Crippen LogP contribution in [0.15, 0.2) is 29.3 Å². The molecular formula is C16H23F3IN3. The summed E-state index contributed by atoms with van der Waals surface area (Å²) < 4.78 is 37.4. The molecular weight excluding hydrogens is 418 g/mol. The zero-order valence-corrected chi connectivity index (χ0v) is 15.2. The van der Waals surface area contributed by atoms with Gasteiger partial charge in [-0.3, -0.25) is 4.99 Å². The van der Waals surface area contributed by atoms with E-state index in [9.17, 15) is 13.2 Å². The third-order valence-corrected chi connectivity index (χ3v) is 3.92. The predicted octanol–water partition coefficient (Wildman–Crippen LogP) is 4.10. The maximum atomic E-state index is 12.5. The second-order valence-corrected chi connectivity index (χ2v) is 5.69. The molecule has 0 amide bonds. The van der Waals surface area contributed by atoms with Crippen molar-refractivity contribution in [3.05, 3.63) is 35.4 Å². The Balaban J connectivity index is 0.00000264. The molecule has 0 radical (unpaired) electrons. The maximum Gasteiger partial charge on any atom is 0.416 e. The van der Waals surface area contributed by atoms with Crippen molar-refractivity contribution in [3.8, 4) is 0 Å². The third kappa shape index (κ3) is 6.97. The number of nitrogens with two attached hydrogens (primary N) is 1. The summed E-state index contributed by atoms with van der Waals surface area (Å²) in [4.78, 5) is 4.25. The van der Waals surface area contributed by atoms with E-state index in [1.165, 1.54) is 31.4 Å². The maximum absolute atomic E-state index is 12.5. The minimum atomic E-state index is -4.29. The van der Waals surface area contributed by atoms with Crippen LogP contribution in [0.4, 0.5) is 13.2 Å². The topological polar surface area (TPSA) is 50.4 Å². The van der Waals surface area contributed by atoms with Crippen LogP contribution < -0.4 is 11.1 Å². The molecule has 0 aliphatic heterocycles. The van der Waals surface area contributed by atoms with Crippen LogP contribution in [0, 0.1) is 0 Å². The minimum absolute atomic E-state index is 0. The number of halogens is 4. The highest BCUT2D eigenvalue weighted by Crippen LogP contribution is 2.29. The van der Waals surface area contributed by atoms with Crippen LogP contribution in [-0.4, -0.2) is 18.5 Å². The molecule has 3 N–H and O–H groups in total. The Labute approximate surface area is 152 Å². The third-order valence-electron chi connectivity index (χ3n) is 3.92. The number of hydrogen-bond acceptors (Lipinski definition) is 1. The van der Waals surface area contributed by atoms with Gasteiger partial charge in [-0.05, 0) is 37.0 Å². The van der Waals surface area contributed by atoms with E-state index in [0.29, 0.717) is 25.0 Å². The second kappa shape index (κ2) is 9.34. The van der Waals surface area contributed by atoms with Crippen LogP contribution in [-0.2, 0) is 12.6 Å². The van der Waals surface area contributed by atoms with Crippen molar-refractivity contribution >= 4 is 29.9 Å². The molecule has 7 heteroatoms.